The molecule has 4 heterocycles. The van der Waals surface area contributed by atoms with E-state index < -0.39 is 22.2 Å². The Balaban J connectivity index is 1.53. The van der Waals surface area contributed by atoms with Gasteiger partial charge in [0.05, 0.1) is 17.1 Å². The zero-order chi connectivity index (χ0) is 28.9. The summed E-state index contributed by atoms with van der Waals surface area (Å²) in [6.07, 6.45) is 8.77. The minimum atomic E-state index is -4.00. The van der Waals surface area contributed by atoms with Gasteiger partial charge in [-0.2, -0.15) is 8.42 Å². The third-order valence-electron chi connectivity index (χ3n) is 6.86. The van der Waals surface area contributed by atoms with Gasteiger partial charge in [-0.3, -0.25) is 18.9 Å². The molecule has 2 aromatic carbocycles. The van der Waals surface area contributed by atoms with E-state index in [-0.39, 0.29) is 29.2 Å². The number of rotatable bonds is 7. The van der Waals surface area contributed by atoms with Crippen LogP contribution in [-0.4, -0.2) is 40.5 Å². The van der Waals surface area contributed by atoms with Crippen molar-refractivity contribution in [3.05, 3.63) is 93.7 Å². The number of carbonyl (C=O) groups is 1. The molecule has 0 spiro atoms. The molecule has 0 radical (unpaired) electrons. The van der Waals surface area contributed by atoms with E-state index >= 15 is 0 Å². The first kappa shape index (κ1) is 26.1. The molecule has 0 saturated heterocycles. The van der Waals surface area contributed by atoms with Gasteiger partial charge >= 0.3 is 0 Å². The second-order valence-corrected chi connectivity index (χ2v) is 10.9. The van der Waals surface area contributed by atoms with Crippen molar-refractivity contribution in [2.45, 2.75) is 19.6 Å². The van der Waals surface area contributed by atoms with E-state index in [1.165, 1.54) is 22.3 Å². The molecule has 0 fully saturated rings. The van der Waals surface area contributed by atoms with E-state index in [2.05, 4.69) is 30.8 Å². The molecule has 1 aliphatic rings. The van der Waals surface area contributed by atoms with Crippen LogP contribution in [0.2, 0.25) is 0 Å². The monoisotopic (exact) mass is 569 g/mol. The molecule has 0 aliphatic carbocycles. The van der Waals surface area contributed by atoms with Gasteiger partial charge in [-0.15, -0.1) is 11.5 Å². The third kappa shape index (κ3) is 4.26. The van der Waals surface area contributed by atoms with E-state index in [1.54, 1.807) is 55.6 Å². The maximum Gasteiger partial charge on any atom is 0.300 e. The van der Waals surface area contributed by atoms with Gasteiger partial charge in [0.1, 0.15) is 17.9 Å². The summed E-state index contributed by atoms with van der Waals surface area (Å²) in [6.45, 7) is 1.89. The summed E-state index contributed by atoms with van der Waals surface area (Å²) in [5, 5.41) is 8.08. The molecular formula is C28H23N7O5S. The van der Waals surface area contributed by atoms with Crippen molar-refractivity contribution in [2.24, 2.45) is 0 Å². The molecule has 5 aromatic rings. The topological polar surface area (TPSA) is 149 Å². The van der Waals surface area contributed by atoms with Crippen molar-refractivity contribution in [1.82, 2.24) is 29.2 Å². The second-order valence-electron chi connectivity index (χ2n) is 9.25. The van der Waals surface area contributed by atoms with Crippen molar-refractivity contribution in [3.63, 3.8) is 0 Å². The quantitative estimate of drug-likeness (QED) is 0.255. The molecule has 1 atom stereocenters. The Morgan fingerprint density at radius 3 is 2.66 bits per heavy atom. The highest BCUT2D eigenvalue weighted by Crippen LogP contribution is 2.39. The number of nitrogens with zero attached hydrogens (tertiary/aromatic N) is 4. The van der Waals surface area contributed by atoms with Crippen molar-refractivity contribution in [3.8, 4) is 23.8 Å². The van der Waals surface area contributed by atoms with E-state index in [0.29, 0.717) is 39.0 Å². The number of fused-ring (bicyclic) bond motifs is 1. The van der Waals surface area contributed by atoms with Crippen LogP contribution in [0.15, 0.2) is 65.7 Å². The number of para-hydroxylation sites is 1. The van der Waals surface area contributed by atoms with Gasteiger partial charge in [0, 0.05) is 41.6 Å². The summed E-state index contributed by atoms with van der Waals surface area (Å²) in [6, 6.07) is 13.3. The SMILES string of the molecule is C#Cc1ccc2c3c(c([C@@H](C)NC(=O)c4c(NS(=O)(=O)NC)nn5cccnc45)n(-c4ccccc4)c(=O)c13)CO2. The van der Waals surface area contributed by atoms with Crippen LogP contribution in [0.25, 0.3) is 22.1 Å². The molecule has 41 heavy (non-hydrogen) atoms. The number of benzene rings is 2. The van der Waals surface area contributed by atoms with Crippen LogP contribution in [0, 0.1) is 12.3 Å². The number of anilines is 1. The Hall–Kier alpha value is -5.19. The Morgan fingerprint density at radius 2 is 1.93 bits per heavy atom. The lowest BCUT2D eigenvalue weighted by Crippen LogP contribution is -2.34. The van der Waals surface area contributed by atoms with Crippen molar-refractivity contribution < 1.29 is 17.9 Å². The molecule has 12 nitrogen and oxygen atoms in total. The predicted molar refractivity (Wildman–Crippen MR) is 152 cm³/mol. The molecule has 0 bridgehead atoms. The molecule has 6 rings (SSSR count). The Bertz CT molecular complexity index is 2080. The number of nitrogens with one attached hydrogen (secondary N) is 3. The molecule has 1 amide bonds. The first-order valence-electron chi connectivity index (χ1n) is 12.5. The van der Waals surface area contributed by atoms with Crippen molar-refractivity contribution >= 4 is 38.4 Å². The van der Waals surface area contributed by atoms with E-state index in [0.717, 1.165) is 0 Å². The van der Waals surface area contributed by atoms with E-state index in [4.69, 9.17) is 11.2 Å². The van der Waals surface area contributed by atoms with Gasteiger partial charge in [0.15, 0.2) is 11.5 Å². The van der Waals surface area contributed by atoms with Gasteiger partial charge < -0.3 is 10.1 Å². The standard InChI is InChI=1S/C28H23N7O5S/c1-4-17-11-12-20-22-19(15-40-20)24(35(28(37)21(17)22)18-9-6-5-7-10-18)16(2)31-27(36)23-25(33-41(38,39)29-3)32-34-14-8-13-30-26(23)34/h1,5-14,16,29H,15H2,2-3H3,(H,31,36)(H,32,33)/t16-/m1/s1. The number of hydrogen-bond acceptors (Lipinski definition) is 7. The van der Waals surface area contributed by atoms with E-state index in [9.17, 15) is 18.0 Å². The molecule has 13 heteroatoms. The van der Waals surface area contributed by atoms with Gasteiger partial charge in [-0.1, -0.05) is 24.1 Å². The van der Waals surface area contributed by atoms with E-state index in [1.807, 2.05) is 6.07 Å². The summed E-state index contributed by atoms with van der Waals surface area (Å²) in [4.78, 5) is 32.1. The molecule has 0 unspecified atom stereocenters. The summed E-state index contributed by atoms with van der Waals surface area (Å²) < 4.78 is 37.7. The number of carbonyl (C=O) groups excluding carboxylic acids is 1. The average Bonchev–Trinajstić information content (AvgIpc) is 3.56. The molecule has 3 aromatic heterocycles. The Kier molecular flexibility index (Phi) is 6.21. The van der Waals surface area contributed by atoms with Gasteiger partial charge in [0.2, 0.25) is 0 Å². The number of pyridine rings is 1. The normalized spacial score (nSPS) is 13.1. The lowest BCUT2D eigenvalue weighted by Gasteiger charge is -2.23. The average molecular weight is 570 g/mol. The lowest BCUT2D eigenvalue weighted by atomic mass is 9.97. The largest absolute Gasteiger partial charge is 0.488 e. The highest BCUT2D eigenvalue weighted by Gasteiger charge is 2.31. The number of hydrogen-bond donors (Lipinski definition) is 3. The van der Waals surface area contributed by atoms with Crippen LogP contribution in [0.3, 0.4) is 0 Å². The van der Waals surface area contributed by atoms with Crippen LogP contribution in [-0.2, 0) is 16.8 Å². The van der Waals surface area contributed by atoms with Crippen LogP contribution < -0.4 is 25.1 Å². The van der Waals surface area contributed by atoms with Crippen LogP contribution in [0.5, 0.6) is 5.75 Å². The molecule has 1 aliphatic heterocycles. The molecular weight excluding hydrogens is 546 g/mol. The number of aromatic nitrogens is 4. The number of ether oxygens (including phenoxy) is 1. The zero-order valence-electron chi connectivity index (χ0n) is 21.9. The maximum absolute atomic E-state index is 14.1. The third-order valence-corrected chi connectivity index (χ3v) is 7.86. The van der Waals surface area contributed by atoms with Gasteiger partial charge in [-0.25, -0.2) is 14.2 Å². The first-order chi connectivity index (χ1) is 19.7. The van der Waals surface area contributed by atoms with Gasteiger partial charge in [-0.05, 0) is 37.3 Å². The minimum Gasteiger partial charge on any atom is -0.488 e. The minimum absolute atomic E-state index is 0.0892. The van der Waals surface area contributed by atoms with Crippen LogP contribution in [0.4, 0.5) is 5.82 Å². The summed E-state index contributed by atoms with van der Waals surface area (Å²) >= 11 is 0. The highest BCUT2D eigenvalue weighted by atomic mass is 32.2. The number of amides is 1. The van der Waals surface area contributed by atoms with Crippen LogP contribution in [0.1, 0.15) is 40.1 Å². The Morgan fingerprint density at radius 1 is 1.15 bits per heavy atom. The van der Waals surface area contributed by atoms with Crippen molar-refractivity contribution in [1.29, 1.82) is 0 Å². The lowest BCUT2D eigenvalue weighted by molar-refractivity contribution is 0.0940. The zero-order valence-corrected chi connectivity index (χ0v) is 22.7. The molecule has 0 saturated carbocycles. The smallest absolute Gasteiger partial charge is 0.300 e. The highest BCUT2D eigenvalue weighted by molar-refractivity contribution is 7.90. The first-order valence-corrected chi connectivity index (χ1v) is 14.0. The molecule has 3 N–H and O–H groups in total. The Labute approximate surface area is 234 Å². The fourth-order valence-corrected chi connectivity index (χ4v) is 5.60. The summed E-state index contributed by atoms with van der Waals surface area (Å²) in [5.41, 5.74) is 1.91. The van der Waals surface area contributed by atoms with Gasteiger partial charge in [0.25, 0.3) is 21.7 Å². The fraction of sp³-hybridized carbons (Fsp3) is 0.143. The van der Waals surface area contributed by atoms with Crippen LogP contribution >= 0.6 is 0 Å². The second kappa shape index (κ2) is 9.77. The summed E-state index contributed by atoms with van der Waals surface area (Å²) in [5.74, 6) is 2.26. The maximum atomic E-state index is 14.1. The molecule has 206 valence electrons. The number of terminal acetylenes is 1. The fourth-order valence-electron chi connectivity index (χ4n) is 5.10. The van der Waals surface area contributed by atoms with Crippen molar-refractivity contribution in [2.75, 3.05) is 11.8 Å². The predicted octanol–water partition coefficient (Wildman–Crippen LogP) is 2.27. The summed E-state index contributed by atoms with van der Waals surface area (Å²) in [7, 11) is -2.77.